The number of hydrogen-bond donors (Lipinski definition) is 0. The molecule has 0 saturated heterocycles. The molecule has 66 valence electrons. The number of hydrogen-bond acceptors (Lipinski definition) is 2. The molecule has 0 N–H and O–H groups in total. The van der Waals surface area contributed by atoms with Crippen LogP contribution in [0.1, 0.15) is 5.56 Å². The number of halogens is 1. The number of rotatable bonds is 2. The molecule has 0 fully saturated rings. The summed E-state index contributed by atoms with van der Waals surface area (Å²) in [6.07, 6.45) is 0. The Morgan fingerprint density at radius 2 is 1.67 bits per heavy atom. The fourth-order valence-electron chi connectivity index (χ4n) is 0.773. The van der Waals surface area contributed by atoms with Gasteiger partial charge in [-0.3, -0.25) is 0 Å². The summed E-state index contributed by atoms with van der Waals surface area (Å²) in [7, 11) is 1.63. The van der Waals surface area contributed by atoms with Crippen LogP contribution in [0, 0.1) is 0 Å². The van der Waals surface area contributed by atoms with Crippen LogP contribution in [0.2, 0.25) is 0 Å². The fourth-order valence-corrected chi connectivity index (χ4v) is 1.74. The monoisotopic (exact) mass is 400 g/mol. The van der Waals surface area contributed by atoms with Crippen molar-refractivity contribution in [3.8, 4) is 0 Å². The van der Waals surface area contributed by atoms with Crippen LogP contribution in [-0.2, 0) is 14.8 Å². The fraction of sp³-hybridized carbons (Fsp3) is 0.143. The van der Waals surface area contributed by atoms with Gasteiger partial charge in [0.25, 0.3) is 0 Å². The van der Waals surface area contributed by atoms with Gasteiger partial charge < -0.3 is 0 Å². The van der Waals surface area contributed by atoms with E-state index in [1.165, 1.54) is 0 Å². The van der Waals surface area contributed by atoms with Gasteiger partial charge in [0.1, 0.15) is 0 Å². The molecule has 12 heavy (non-hydrogen) atoms. The molecule has 0 atom stereocenters. The summed E-state index contributed by atoms with van der Waals surface area (Å²) in [6.45, 7) is 0. The van der Waals surface area contributed by atoms with E-state index >= 15 is 0 Å². The molecule has 0 aliphatic rings. The molecule has 1 aromatic rings. The third kappa shape index (κ3) is 5.10. The Bertz CT molecular complexity index is 323. The molecule has 0 unspecified atom stereocenters. The van der Waals surface area contributed by atoms with Crippen LogP contribution in [-0.4, -0.2) is 35.7 Å². The second-order valence-corrected chi connectivity index (χ2v) is 4.95. The molecule has 0 bridgehead atoms. The Morgan fingerprint density at radius 1 is 1.17 bits per heavy atom. The quantitative estimate of drug-likeness (QED) is 0.545. The maximum absolute atomic E-state index is 10.6. The molecule has 0 aromatic heterocycles. The van der Waals surface area contributed by atoms with Crippen molar-refractivity contribution in [1.82, 2.24) is 0 Å². The Hall–Kier alpha value is 0.382. The van der Waals surface area contributed by atoms with Crippen LogP contribution in [0.25, 0.3) is 0 Å². The summed E-state index contributed by atoms with van der Waals surface area (Å²) in [5, 5.41) is 0. The number of benzene rings is 1. The van der Waals surface area contributed by atoms with E-state index in [4.69, 9.17) is 10.7 Å². The van der Waals surface area contributed by atoms with Crippen molar-refractivity contribution >= 4 is 47.0 Å². The topological polar surface area (TPSA) is 34.1 Å². The van der Waals surface area contributed by atoms with Gasteiger partial charge in [-0.25, -0.2) is 8.42 Å². The standard InChI is InChI=1S/C7H7ClO2S.Pb.2H/c8-11(9,10)6-7-4-2-1-3-5-7;;;/h1-5H,6H2;;;. The summed E-state index contributed by atoms with van der Waals surface area (Å²) in [6, 6.07) is 8.82. The Kier molecular flexibility index (Phi) is 5.35. The van der Waals surface area contributed by atoms with Crippen LogP contribution >= 0.6 is 10.7 Å². The van der Waals surface area contributed by atoms with Gasteiger partial charge in [0.05, 0.1) is 5.75 Å². The van der Waals surface area contributed by atoms with Gasteiger partial charge in [-0.05, 0) is 5.56 Å². The second-order valence-electron chi connectivity index (χ2n) is 2.17. The maximum atomic E-state index is 10.6. The second kappa shape index (κ2) is 5.19. The summed E-state index contributed by atoms with van der Waals surface area (Å²) >= 11 is 0. The van der Waals surface area contributed by atoms with Gasteiger partial charge >= 0.3 is 27.3 Å². The van der Waals surface area contributed by atoms with Gasteiger partial charge in [-0.1, -0.05) is 30.3 Å². The molecule has 2 nitrogen and oxygen atoms in total. The molecular weight excluding hydrogens is 391 g/mol. The summed E-state index contributed by atoms with van der Waals surface area (Å²) in [5.74, 6) is -0.102. The first-order valence-electron chi connectivity index (χ1n) is 3.04. The predicted molar refractivity (Wildman–Crippen MR) is 53.5 cm³/mol. The Morgan fingerprint density at radius 3 is 2.08 bits per heavy atom. The third-order valence-electron chi connectivity index (χ3n) is 1.18. The van der Waals surface area contributed by atoms with E-state index in [1.807, 2.05) is 6.07 Å². The first kappa shape index (κ1) is 12.4. The first-order chi connectivity index (χ1) is 5.08. The summed E-state index contributed by atoms with van der Waals surface area (Å²) in [4.78, 5) is 0. The van der Waals surface area contributed by atoms with Gasteiger partial charge in [-0.2, -0.15) is 0 Å². The normalized spacial score (nSPS) is 10.4. The van der Waals surface area contributed by atoms with Crippen molar-refractivity contribution in [2.24, 2.45) is 0 Å². The Balaban J connectivity index is 0.00000121. The predicted octanol–water partition coefficient (Wildman–Crippen LogP) is 0.839. The molecule has 2 radical (unpaired) electrons. The summed E-state index contributed by atoms with van der Waals surface area (Å²) < 4.78 is 21.1. The Labute approximate surface area is 96.5 Å². The first-order valence-corrected chi connectivity index (χ1v) is 5.52. The zero-order valence-corrected chi connectivity index (χ0v) is 13.5. The van der Waals surface area contributed by atoms with Crippen molar-refractivity contribution < 1.29 is 8.42 Å². The molecule has 0 aliphatic carbocycles. The van der Waals surface area contributed by atoms with Crippen molar-refractivity contribution in [2.45, 2.75) is 5.75 Å². The van der Waals surface area contributed by atoms with Crippen LogP contribution in [0.3, 0.4) is 0 Å². The molecule has 1 rings (SSSR count). The van der Waals surface area contributed by atoms with Crippen molar-refractivity contribution in [1.29, 1.82) is 0 Å². The van der Waals surface area contributed by atoms with E-state index in [2.05, 4.69) is 0 Å². The van der Waals surface area contributed by atoms with E-state index in [1.54, 1.807) is 24.3 Å². The van der Waals surface area contributed by atoms with Crippen LogP contribution in [0.5, 0.6) is 0 Å². The van der Waals surface area contributed by atoms with E-state index in [-0.39, 0.29) is 33.1 Å². The minimum atomic E-state index is -3.40. The van der Waals surface area contributed by atoms with E-state index in [0.29, 0.717) is 5.56 Å². The van der Waals surface area contributed by atoms with E-state index in [9.17, 15) is 8.42 Å². The van der Waals surface area contributed by atoms with Crippen LogP contribution in [0.15, 0.2) is 30.3 Å². The molecule has 0 spiro atoms. The zero-order valence-electron chi connectivity index (χ0n) is 6.40. The molecule has 5 heteroatoms. The van der Waals surface area contributed by atoms with Crippen molar-refractivity contribution in [2.75, 3.05) is 0 Å². The molecule has 0 amide bonds. The van der Waals surface area contributed by atoms with Gasteiger partial charge in [-0.15, -0.1) is 0 Å². The minimum absolute atomic E-state index is 0. The van der Waals surface area contributed by atoms with Crippen LogP contribution in [0.4, 0.5) is 0 Å². The van der Waals surface area contributed by atoms with Gasteiger partial charge in [0.2, 0.25) is 9.05 Å². The van der Waals surface area contributed by atoms with Gasteiger partial charge in [0, 0.05) is 10.7 Å². The van der Waals surface area contributed by atoms with Crippen molar-refractivity contribution in [3.63, 3.8) is 0 Å². The van der Waals surface area contributed by atoms with E-state index in [0.717, 1.165) is 0 Å². The third-order valence-corrected chi connectivity index (χ3v) is 2.19. The SMILES string of the molecule is O=S(=O)(Cl)Cc1ccccc1.[PbH2]. The zero-order chi connectivity index (χ0) is 8.32. The average molecular weight is 400 g/mol. The molecule has 0 heterocycles. The molecule has 1 aromatic carbocycles. The molecular formula is C7H9ClO2PbS. The van der Waals surface area contributed by atoms with Gasteiger partial charge in [0.15, 0.2) is 0 Å². The van der Waals surface area contributed by atoms with Crippen LogP contribution < -0.4 is 0 Å². The molecule has 0 saturated carbocycles. The summed E-state index contributed by atoms with van der Waals surface area (Å²) in [5.41, 5.74) is 0.711. The molecule has 0 aliphatic heterocycles. The van der Waals surface area contributed by atoms with E-state index < -0.39 is 9.05 Å². The van der Waals surface area contributed by atoms with Crippen molar-refractivity contribution in [3.05, 3.63) is 35.9 Å². The average Bonchev–Trinajstić information content (AvgIpc) is 1.85.